The van der Waals surface area contributed by atoms with Gasteiger partial charge in [0.05, 0.1) is 6.54 Å². The molecule has 1 aliphatic heterocycles. The van der Waals surface area contributed by atoms with Crippen molar-refractivity contribution >= 4 is 16.9 Å². The summed E-state index contributed by atoms with van der Waals surface area (Å²) in [6.07, 6.45) is 8.28. The van der Waals surface area contributed by atoms with Gasteiger partial charge in [0.2, 0.25) is 0 Å². The maximum absolute atomic E-state index is 4.66. The second-order valence-corrected chi connectivity index (χ2v) is 6.64. The van der Waals surface area contributed by atoms with Crippen molar-refractivity contribution in [1.82, 2.24) is 5.32 Å². The van der Waals surface area contributed by atoms with Crippen LogP contribution in [0.25, 0.3) is 0 Å². The van der Waals surface area contributed by atoms with E-state index in [2.05, 4.69) is 24.2 Å². The maximum atomic E-state index is 4.66. The van der Waals surface area contributed by atoms with E-state index in [1.165, 1.54) is 43.7 Å². The highest BCUT2D eigenvalue weighted by Crippen LogP contribution is 2.31. The van der Waals surface area contributed by atoms with Crippen molar-refractivity contribution in [2.45, 2.75) is 57.6 Å². The normalized spacial score (nSPS) is 25.6. The lowest BCUT2D eigenvalue weighted by molar-refractivity contribution is 0.479. The van der Waals surface area contributed by atoms with E-state index >= 15 is 0 Å². The molecule has 1 N–H and O–H groups in total. The lowest BCUT2D eigenvalue weighted by Crippen LogP contribution is -2.26. The Morgan fingerprint density at radius 1 is 1.29 bits per heavy atom. The standard InChI is InChI=1S/C14H26N2S/c1-3-12(4-2)13-10-16-14(17-13)15-9-11-7-5-6-8-11/h11-13H,3-10H2,1-2H3,(H,15,16). The van der Waals surface area contributed by atoms with Crippen LogP contribution in [-0.4, -0.2) is 23.5 Å². The Morgan fingerprint density at radius 3 is 2.65 bits per heavy atom. The minimum absolute atomic E-state index is 0.732. The van der Waals surface area contributed by atoms with Crippen LogP contribution in [0.3, 0.4) is 0 Å². The molecular weight excluding hydrogens is 228 g/mol. The topological polar surface area (TPSA) is 24.4 Å². The molecule has 1 saturated carbocycles. The van der Waals surface area contributed by atoms with Gasteiger partial charge in [0.1, 0.15) is 0 Å². The Kier molecular flexibility index (Phi) is 5.20. The fourth-order valence-electron chi connectivity index (χ4n) is 2.99. The van der Waals surface area contributed by atoms with E-state index in [9.17, 15) is 0 Å². The molecule has 1 unspecified atom stereocenters. The van der Waals surface area contributed by atoms with Crippen LogP contribution in [0.4, 0.5) is 0 Å². The summed E-state index contributed by atoms with van der Waals surface area (Å²) in [5, 5.41) is 5.52. The monoisotopic (exact) mass is 254 g/mol. The Labute approximate surface area is 110 Å². The molecule has 2 rings (SSSR count). The van der Waals surface area contributed by atoms with E-state index in [4.69, 9.17) is 0 Å². The quantitative estimate of drug-likeness (QED) is 0.809. The summed E-state index contributed by atoms with van der Waals surface area (Å²) < 4.78 is 0. The van der Waals surface area contributed by atoms with Crippen molar-refractivity contribution in [2.24, 2.45) is 16.8 Å². The first-order valence-corrected chi connectivity index (χ1v) is 8.16. The van der Waals surface area contributed by atoms with Gasteiger partial charge in [-0.05, 0) is 24.7 Å². The number of nitrogens with zero attached hydrogens (tertiary/aromatic N) is 1. The van der Waals surface area contributed by atoms with E-state index in [0.29, 0.717) is 0 Å². The third kappa shape index (κ3) is 3.64. The maximum Gasteiger partial charge on any atom is 0.156 e. The summed E-state index contributed by atoms with van der Waals surface area (Å²) in [7, 11) is 0. The van der Waals surface area contributed by atoms with E-state index < -0.39 is 0 Å². The van der Waals surface area contributed by atoms with E-state index in [1.807, 2.05) is 11.8 Å². The molecule has 17 heavy (non-hydrogen) atoms. The summed E-state index contributed by atoms with van der Waals surface area (Å²) in [6.45, 7) is 6.79. The molecule has 1 heterocycles. The molecule has 0 aromatic carbocycles. The van der Waals surface area contributed by atoms with Crippen molar-refractivity contribution in [2.75, 3.05) is 13.1 Å². The van der Waals surface area contributed by atoms with Crippen LogP contribution < -0.4 is 5.32 Å². The molecule has 2 aliphatic rings. The van der Waals surface area contributed by atoms with Gasteiger partial charge in [0, 0.05) is 11.8 Å². The fraction of sp³-hybridized carbons (Fsp3) is 0.929. The number of hydrogen-bond donors (Lipinski definition) is 1. The molecule has 0 aromatic heterocycles. The van der Waals surface area contributed by atoms with Gasteiger partial charge in [-0.25, -0.2) is 0 Å². The highest BCUT2D eigenvalue weighted by molar-refractivity contribution is 8.14. The Balaban J connectivity index is 1.69. The van der Waals surface area contributed by atoms with Crippen LogP contribution in [0, 0.1) is 11.8 Å². The predicted octanol–water partition coefficient (Wildman–Crippen LogP) is 3.67. The molecule has 0 spiro atoms. The molecule has 98 valence electrons. The molecule has 1 atom stereocenters. The highest BCUT2D eigenvalue weighted by Gasteiger charge is 2.26. The Bertz CT molecular complexity index is 255. The van der Waals surface area contributed by atoms with Gasteiger partial charge in [-0.3, -0.25) is 4.99 Å². The number of rotatable bonds is 5. The van der Waals surface area contributed by atoms with Crippen LogP contribution in [0.2, 0.25) is 0 Å². The molecule has 0 aromatic rings. The first kappa shape index (κ1) is 13.3. The summed E-state index contributed by atoms with van der Waals surface area (Å²) >= 11 is 1.99. The fourth-order valence-corrected chi connectivity index (χ4v) is 4.32. The van der Waals surface area contributed by atoms with Gasteiger partial charge in [-0.15, -0.1) is 0 Å². The van der Waals surface area contributed by atoms with Crippen LogP contribution in [0.1, 0.15) is 52.4 Å². The molecule has 1 fully saturated rings. The summed E-state index contributed by atoms with van der Waals surface area (Å²) in [6, 6.07) is 0. The van der Waals surface area contributed by atoms with Gasteiger partial charge in [0.15, 0.2) is 5.17 Å². The lowest BCUT2D eigenvalue weighted by Gasteiger charge is -2.19. The van der Waals surface area contributed by atoms with Gasteiger partial charge >= 0.3 is 0 Å². The number of hydrogen-bond acceptors (Lipinski definition) is 3. The minimum Gasteiger partial charge on any atom is -0.365 e. The zero-order valence-corrected chi connectivity index (χ0v) is 12.1. The second kappa shape index (κ2) is 6.67. The molecule has 2 nitrogen and oxygen atoms in total. The van der Waals surface area contributed by atoms with Crippen molar-refractivity contribution in [1.29, 1.82) is 0 Å². The summed E-state index contributed by atoms with van der Waals surface area (Å²) in [5.74, 6) is 1.75. The molecule has 3 heteroatoms. The number of nitrogens with one attached hydrogen (secondary N) is 1. The van der Waals surface area contributed by atoms with Gasteiger partial charge in [-0.1, -0.05) is 51.3 Å². The average molecular weight is 254 g/mol. The molecule has 0 amide bonds. The van der Waals surface area contributed by atoms with Crippen LogP contribution in [-0.2, 0) is 0 Å². The lowest BCUT2D eigenvalue weighted by atomic mass is 9.99. The molecule has 0 radical (unpaired) electrons. The van der Waals surface area contributed by atoms with Crippen LogP contribution in [0.5, 0.6) is 0 Å². The smallest absolute Gasteiger partial charge is 0.156 e. The third-order valence-electron chi connectivity index (χ3n) is 4.27. The molecule has 0 saturated heterocycles. The summed E-state index contributed by atoms with van der Waals surface area (Å²) in [5.41, 5.74) is 0. The van der Waals surface area contributed by atoms with Crippen LogP contribution in [0.15, 0.2) is 4.99 Å². The number of aliphatic imine (C=N–C) groups is 1. The summed E-state index contributed by atoms with van der Waals surface area (Å²) in [4.78, 5) is 4.66. The van der Waals surface area contributed by atoms with Gasteiger partial charge in [-0.2, -0.15) is 0 Å². The van der Waals surface area contributed by atoms with Crippen molar-refractivity contribution in [3.8, 4) is 0 Å². The van der Waals surface area contributed by atoms with Crippen LogP contribution >= 0.6 is 11.8 Å². The Morgan fingerprint density at radius 2 is 2.00 bits per heavy atom. The largest absolute Gasteiger partial charge is 0.365 e. The third-order valence-corrected chi connectivity index (χ3v) is 5.60. The first-order valence-electron chi connectivity index (χ1n) is 7.28. The first-order chi connectivity index (χ1) is 8.33. The van der Waals surface area contributed by atoms with Crippen molar-refractivity contribution in [3.63, 3.8) is 0 Å². The molecule has 1 aliphatic carbocycles. The molecule has 0 bridgehead atoms. The zero-order valence-electron chi connectivity index (χ0n) is 11.2. The predicted molar refractivity (Wildman–Crippen MR) is 77.7 cm³/mol. The van der Waals surface area contributed by atoms with Crippen molar-refractivity contribution < 1.29 is 0 Å². The minimum atomic E-state index is 0.732. The van der Waals surface area contributed by atoms with E-state index in [0.717, 1.165) is 30.2 Å². The number of amidine groups is 1. The average Bonchev–Trinajstić information content (AvgIpc) is 2.99. The number of thioether (sulfide) groups is 1. The zero-order chi connectivity index (χ0) is 12.1. The SMILES string of the molecule is CCC(CC)C1CN=C(NCC2CCCC2)S1. The van der Waals surface area contributed by atoms with Gasteiger partial charge in [0.25, 0.3) is 0 Å². The van der Waals surface area contributed by atoms with Gasteiger partial charge < -0.3 is 5.32 Å². The highest BCUT2D eigenvalue weighted by atomic mass is 32.2. The second-order valence-electron chi connectivity index (χ2n) is 5.41. The van der Waals surface area contributed by atoms with E-state index in [1.54, 1.807) is 0 Å². The Hall–Kier alpha value is -0.180. The van der Waals surface area contributed by atoms with Crippen molar-refractivity contribution in [3.05, 3.63) is 0 Å². The van der Waals surface area contributed by atoms with E-state index in [-0.39, 0.29) is 0 Å². The molecular formula is C14H26N2S.